The normalized spacial score (nSPS) is 22.0. The first-order chi connectivity index (χ1) is 11.0. The van der Waals surface area contributed by atoms with Gasteiger partial charge in [-0.15, -0.1) is 0 Å². The van der Waals surface area contributed by atoms with Crippen LogP contribution in [0.4, 0.5) is 0 Å². The number of aliphatic hydroxyl groups is 1. The van der Waals surface area contributed by atoms with Gasteiger partial charge in [-0.25, -0.2) is 0 Å². The number of nitrogens with one attached hydrogen (secondary N) is 1. The van der Waals surface area contributed by atoms with Gasteiger partial charge < -0.3 is 15.3 Å². The van der Waals surface area contributed by atoms with Crippen molar-refractivity contribution < 1.29 is 14.7 Å². The molecular formula is C17H21ClN2O3. The van der Waals surface area contributed by atoms with E-state index in [9.17, 15) is 14.7 Å². The molecule has 2 aliphatic rings. The molecule has 0 radical (unpaired) electrons. The van der Waals surface area contributed by atoms with Gasteiger partial charge in [0.15, 0.2) is 0 Å². The Kier molecular flexibility index (Phi) is 4.87. The Morgan fingerprint density at radius 3 is 2.61 bits per heavy atom. The first-order valence-electron chi connectivity index (χ1n) is 8.08. The molecule has 2 amide bonds. The lowest BCUT2D eigenvalue weighted by atomic mass is 10.1. The second-order valence-corrected chi connectivity index (χ2v) is 6.74. The van der Waals surface area contributed by atoms with E-state index in [4.69, 9.17) is 11.6 Å². The van der Waals surface area contributed by atoms with E-state index in [2.05, 4.69) is 5.32 Å². The largest absolute Gasteiger partial charge is 0.388 e. The maximum absolute atomic E-state index is 12.5. The third-order valence-electron chi connectivity index (χ3n) is 4.42. The molecular weight excluding hydrogens is 316 g/mol. The highest BCUT2D eigenvalue weighted by Crippen LogP contribution is 2.25. The van der Waals surface area contributed by atoms with E-state index in [1.54, 1.807) is 29.2 Å². The first-order valence-corrected chi connectivity index (χ1v) is 8.46. The Hall–Kier alpha value is -1.59. The molecule has 6 heteroatoms. The molecule has 2 N–H and O–H groups in total. The Balaban J connectivity index is 1.59. The minimum absolute atomic E-state index is 0.0190. The predicted octanol–water partition coefficient (Wildman–Crippen LogP) is 2.03. The molecule has 1 aromatic carbocycles. The molecule has 0 aromatic heterocycles. The van der Waals surface area contributed by atoms with Crippen LogP contribution in [0.1, 0.15) is 43.8 Å². The number of hydrogen-bond acceptors (Lipinski definition) is 3. The van der Waals surface area contributed by atoms with Crippen molar-refractivity contribution in [2.24, 2.45) is 0 Å². The predicted molar refractivity (Wildman–Crippen MR) is 86.9 cm³/mol. The lowest BCUT2D eigenvalue weighted by molar-refractivity contribution is -0.140. The number of likely N-dealkylation sites (tertiary alicyclic amines) is 1. The first kappa shape index (κ1) is 16.3. The Labute approximate surface area is 140 Å². The Bertz CT molecular complexity index is 586. The molecule has 0 bridgehead atoms. The van der Waals surface area contributed by atoms with Crippen molar-refractivity contribution in [3.05, 3.63) is 34.9 Å². The van der Waals surface area contributed by atoms with E-state index in [0.717, 1.165) is 19.3 Å². The summed E-state index contributed by atoms with van der Waals surface area (Å²) >= 11 is 5.82. The van der Waals surface area contributed by atoms with Crippen molar-refractivity contribution in [2.75, 3.05) is 6.54 Å². The van der Waals surface area contributed by atoms with Crippen molar-refractivity contribution in [1.82, 2.24) is 10.2 Å². The van der Waals surface area contributed by atoms with Gasteiger partial charge in [-0.1, -0.05) is 23.7 Å². The van der Waals surface area contributed by atoms with Gasteiger partial charge in [-0.05, 0) is 43.4 Å². The quantitative estimate of drug-likeness (QED) is 0.864. The number of carbonyl (C=O) groups is 2. The number of hydrogen-bond donors (Lipinski definition) is 2. The molecule has 3 rings (SSSR count). The molecule has 1 saturated carbocycles. The average molecular weight is 337 g/mol. The van der Waals surface area contributed by atoms with Gasteiger partial charge in [-0.3, -0.25) is 9.59 Å². The van der Waals surface area contributed by atoms with E-state index >= 15 is 0 Å². The van der Waals surface area contributed by atoms with Crippen LogP contribution in [-0.2, 0) is 9.59 Å². The van der Waals surface area contributed by atoms with Crippen LogP contribution in [0.25, 0.3) is 0 Å². The van der Waals surface area contributed by atoms with E-state index in [1.807, 2.05) is 0 Å². The Morgan fingerprint density at radius 1 is 1.26 bits per heavy atom. The molecule has 1 aliphatic heterocycles. The molecule has 1 heterocycles. The fourth-order valence-corrected chi connectivity index (χ4v) is 3.07. The highest BCUT2D eigenvalue weighted by atomic mass is 35.5. The number of halogens is 1. The summed E-state index contributed by atoms with van der Waals surface area (Å²) in [4.78, 5) is 26.3. The standard InChI is InChI=1S/C17H21ClN2O3/c18-12-5-3-11(4-6-12)15(21)10-16(22)20-9-1-2-14(20)17(23)19-13-7-8-13/h3-6,13-15,21H,1-2,7-10H2,(H,19,23). The number of rotatable bonds is 5. The maximum Gasteiger partial charge on any atom is 0.243 e. The monoisotopic (exact) mass is 336 g/mol. The number of benzene rings is 1. The summed E-state index contributed by atoms with van der Waals surface area (Å²) in [6, 6.07) is 6.70. The highest BCUT2D eigenvalue weighted by molar-refractivity contribution is 6.30. The number of nitrogens with zero attached hydrogens (tertiary/aromatic N) is 1. The minimum Gasteiger partial charge on any atom is -0.388 e. The van der Waals surface area contributed by atoms with E-state index in [1.165, 1.54) is 0 Å². The van der Waals surface area contributed by atoms with E-state index < -0.39 is 6.10 Å². The average Bonchev–Trinajstić information content (AvgIpc) is 3.19. The molecule has 1 saturated heterocycles. The van der Waals surface area contributed by atoms with Gasteiger partial charge >= 0.3 is 0 Å². The van der Waals surface area contributed by atoms with Crippen LogP contribution in [0, 0.1) is 0 Å². The summed E-state index contributed by atoms with van der Waals surface area (Å²) in [5.74, 6) is -0.236. The van der Waals surface area contributed by atoms with Crippen LogP contribution in [0.5, 0.6) is 0 Å². The fourth-order valence-electron chi connectivity index (χ4n) is 2.95. The minimum atomic E-state index is -0.882. The third kappa shape index (κ3) is 4.03. The van der Waals surface area contributed by atoms with Gasteiger partial charge in [0.25, 0.3) is 0 Å². The molecule has 1 aliphatic carbocycles. The Morgan fingerprint density at radius 2 is 1.96 bits per heavy atom. The third-order valence-corrected chi connectivity index (χ3v) is 4.67. The summed E-state index contributed by atoms with van der Waals surface area (Å²) in [7, 11) is 0. The van der Waals surface area contributed by atoms with Crippen molar-refractivity contribution in [3.8, 4) is 0 Å². The van der Waals surface area contributed by atoms with Crippen LogP contribution in [0.3, 0.4) is 0 Å². The van der Waals surface area contributed by atoms with Crippen LogP contribution in [0.15, 0.2) is 24.3 Å². The highest BCUT2D eigenvalue weighted by Gasteiger charge is 2.36. The molecule has 2 atom stereocenters. The summed E-state index contributed by atoms with van der Waals surface area (Å²) < 4.78 is 0. The van der Waals surface area contributed by atoms with Gasteiger partial charge in [-0.2, -0.15) is 0 Å². The van der Waals surface area contributed by atoms with Gasteiger partial charge in [0.05, 0.1) is 12.5 Å². The summed E-state index contributed by atoms with van der Waals surface area (Å²) in [5.41, 5.74) is 0.654. The zero-order valence-electron chi connectivity index (χ0n) is 12.9. The molecule has 5 nitrogen and oxygen atoms in total. The zero-order chi connectivity index (χ0) is 16.4. The van der Waals surface area contributed by atoms with Crippen molar-refractivity contribution >= 4 is 23.4 Å². The van der Waals surface area contributed by atoms with Crippen LogP contribution in [-0.4, -0.2) is 40.4 Å². The lowest BCUT2D eigenvalue weighted by Crippen LogP contribution is -2.46. The lowest BCUT2D eigenvalue weighted by Gasteiger charge is -2.25. The fraction of sp³-hybridized carbons (Fsp3) is 0.529. The summed E-state index contributed by atoms with van der Waals surface area (Å²) in [5, 5.41) is 13.8. The van der Waals surface area contributed by atoms with Crippen molar-refractivity contribution in [1.29, 1.82) is 0 Å². The number of aliphatic hydroxyl groups excluding tert-OH is 1. The second-order valence-electron chi connectivity index (χ2n) is 6.30. The summed E-state index contributed by atoms with van der Waals surface area (Å²) in [6.45, 7) is 0.578. The van der Waals surface area contributed by atoms with Crippen LogP contribution >= 0.6 is 11.6 Å². The number of amides is 2. The van der Waals surface area contributed by atoms with E-state index in [0.29, 0.717) is 29.6 Å². The molecule has 1 aromatic rings. The maximum atomic E-state index is 12.5. The van der Waals surface area contributed by atoms with Gasteiger partial charge in [0.2, 0.25) is 11.8 Å². The molecule has 2 unspecified atom stereocenters. The molecule has 124 valence electrons. The second kappa shape index (κ2) is 6.89. The van der Waals surface area contributed by atoms with Crippen molar-refractivity contribution in [3.63, 3.8) is 0 Å². The SMILES string of the molecule is O=C(NC1CC1)C1CCCN1C(=O)CC(O)c1ccc(Cl)cc1. The smallest absolute Gasteiger partial charge is 0.243 e. The van der Waals surface area contributed by atoms with Crippen LogP contribution < -0.4 is 5.32 Å². The zero-order valence-corrected chi connectivity index (χ0v) is 13.6. The van der Waals surface area contributed by atoms with E-state index in [-0.39, 0.29) is 24.3 Å². The van der Waals surface area contributed by atoms with Crippen molar-refractivity contribution in [2.45, 2.75) is 50.3 Å². The topological polar surface area (TPSA) is 69.6 Å². The molecule has 23 heavy (non-hydrogen) atoms. The molecule has 2 fully saturated rings. The molecule has 0 spiro atoms. The van der Waals surface area contributed by atoms with Gasteiger partial charge in [0.1, 0.15) is 6.04 Å². The number of carbonyl (C=O) groups excluding carboxylic acids is 2. The van der Waals surface area contributed by atoms with Gasteiger partial charge in [0, 0.05) is 17.6 Å². The summed E-state index contributed by atoms with van der Waals surface area (Å²) in [6.07, 6.45) is 2.68. The van der Waals surface area contributed by atoms with Crippen LogP contribution in [0.2, 0.25) is 5.02 Å².